The van der Waals surface area contributed by atoms with Crippen molar-refractivity contribution in [1.29, 1.82) is 0 Å². The molecule has 0 unspecified atom stereocenters. The molecule has 0 spiro atoms. The topological polar surface area (TPSA) is 171 Å². The molecule has 1 saturated heterocycles. The minimum Gasteiger partial charge on any atom is -0.479 e. The fourth-order valence-electron chi connectivity index (χ4n) is 2.90. The van der Waals surface area contributed by atoms with Crippen LogP contribution in [0.2, 0.25) is 0 Å². The van der Waals surface area contributed by atoms with Crippen LogP contribution >= 0.6 is 0 Å². The van der Waals surface area contributed by atoms with Gasteiger partial charge in [-0.05, 0) is 24.4 Å². The molecular formula is C22H36N4O9. The Kier molecular flexibility index (Phi) is 12.3. The molecule has 13 nitrogen and oxygen atoms in total. The van der Waals surface area contributed by atoms with Crippen LogP contribution in [0.15, 0.2) is 10.6 Å². The van der Waals surface area contributed by atoms with Gasteiger partial charge in [0.25, 0.3) is 11.8 Å². The lowest BCUT2D eigenvalue weighted by Crippen LogP contribution is -2.53. The Morgan fingerprint density at radius 3 is 2.23 bits per heavy atom. The molecule has 1 fully saturated rings. The van der Waals surface area contributed by atoms with Gasteiger partial charge >= 0.3 is 0 Å². The van der Waals surface area contributed by atoms with Crippen LogP contribution in [0.5, 0.6) is 5.88 Å². The minimum absolute atomic E-state index is 0.107. The van der Waals surface area contributed by atoms with Crippen molar-refractivity contribution in [2.45, 2.75) is 44.9 Å². The number of aromatic nitrogens is 1. The highest BCUT2D eigenvalue weighted by Crippen LogP contribution is 2.29. The zero-order valence-corrected chi connectivity index (χ0v) is 21.3. The largest absolute Gasteiger partial charge is 0.479 e. The zero-order valence-electron chi connectivity index (χ0n) is 21.3. The molecule has 2 rings (SSSR count). The van der Waals surface area contributed by atoms with Crippen LogP contribution in [0.4, 0.5) is 0 Å². The normalized spacial score (nSPS) is 17.9. The number of nitrogens with one attached hydrogen (secondary N) is 3. The molecule has 198 valence electrons. The van der Waals surface area contributed by atoms with Gasteiger partial charge in [0.05, 0.1) is 39.0 Å². The number of methoxy groups -OCH3 is 3. The minimum atomic E-state index is -1.09. The van der Waals surface area contributed by atoms with Gasteiger partial charge in [-0.2, -0.15) is 0 Å². The van der Waals surface area contributed by atoms with E-state index in [-0.39, 0.29) is 36.5 Å². The maximum atomic E-state index is 12.6. The van der Waals surface area contributed by atoms with Crippen LogP contribution in [0.1, 0.15) is 37.7 Å². The van der Waals surface area contributed by atoms with E-state index in [2.05, 4.69) is 25.8 Å². The van der Waals surface area contributed by atoms with Crippen LogP contribution < -0.4 is 20.7 Å². The molecule has 1 aliphatic rings. The van der Waals surface area contributed by atoms with Crippen LogP contribution in [0, 0.1) is 5.92 Å². The van der Waals surface area contributed by atoms with Gasteiger partial charge in [0.1, 0.15) is 11.6 Å². The van der Waals surface area contributed by atoms with E-state index in [0.29, 0.717) is 13.0 Å². The number of rotatable bonds is 13. The summed E-state index contributed by atoms with van der Waals surface area (Å²) in [6.07, 6.45) is 0.445. The number of carbonyl (C=O) groups is 4. The quantitative estimate of drug-likeness (QED) is 0.305. The van der Waals surface area contributed by atoms with Crippen molar-refractivity contribution in [2.24, 2.45) is 5.92 Å². The smallest absolute Gasteiger partial charge is 0.290 e. The maximum Gasteiger partial charge on any atom is 0.290 e. The van der Waals surface area contributed by atoms with Gasteiger partial charge in [-0.1, -0.05) is 13.8 Å². The summed E-state index contributed by atoms with van der Waals surface area (Å²) in [5, 5.41) is 11.0. The molecule has 0 aliphatic carbocycles. The number of ketones is 1. The number of nitrogens with zero attached hydrogens (tertiary/aromatic N) is 1. The summed E-state index contributed by atoms with van der Waals surface area (Å²) in [5.41, 5.74) is -0.868. The molecule has 0 bridgehead atoms. The van der Waals surface area contributed by atoms with E-state index in [1.807, 2.05) is 13.8 Å². The zero-order chi connectivity index (χ0) is 26.6. The van der Waals surface area contributed by atoms with Gasteiger partial charge < -0.3 is 39.4 Å². The first kappa shape index (κ1) is 30.0. The molecule has 3 atom stereocenters. The Balaban J connectivity index is 0.00000194. The molecule has 1 aliphatic heterocycles. The summed E-state index contributed by atoms with van der Waals surface area (Å²) >= 11 is 0. The first-order valence-electron chi connectivity index (χ1n) is 11.0. The van der Waals surface area contributed by atoms with Gasteiger partial charge in [0.2, 0.25) is 17.6 Å². The first-order chi connectivity index (χ1) is 16.5. The van der Waals surface area contributed by atoms with Crippen molar-refractivity contribution in [3.8, 4) is 5.88 Å². The molecule has 35 heavy (non-hydrogen) atoms. The van der Waals surface area contributed by atoms with E-state index in [9.17, 15) is 19.2 Å². The maximum absolute atomic E-state index is 12.6. The third kappa shape index (κ3) is 10.0. The summed E-state index contributed by atoms with van der Waals surface area (Å²) in [4.78, 5) is 49.7. The Hall–Kier alpha value is -3.03. The lowest BCUT2D eigenvalue weighted by atomic mass is 9.93. The van der Waals surface area contributed by atoms with E-state index < -0.39 is 35.4 Å². The lowest BCUT2D eigenvalue weighted by molar-refractivity contribution is -0.131. The fraction of sp³-hybridized carbons (Fsp3) is 0.682. The summed E-state index contributed by atoms with van der Waals surface area (Å²) in [7, 11) is 5.97. The van der Waals surface area contributed by atoms with Crippen molar-refractivity contribution in [3.63, 3.8) is 0 Å². The standard InChI is InChI=1S/C20H30N4O8.C2H6O/c1-11(2)6-12(17(26)20(3)10-31-20)22-15(25)8-21-18(27)13(9-29-4)23-19(28)14-7-16(30-5)24-32-14;1-3-2/h7,11-13H,6,8-10H2,1-5H3,(H,21,27)(H,22,25)(H,23,28);1-2H3/t12-,13-,20+;/m0./s1. The third-order valence-corrected chi connectivity index (χ3v) is 4.76. The molecule has 3 amide bonds. The average molecular weight is 501 g/mol. The summed E-state index contributed by atoms with van der Waals surface area (Å²) in [5.74, 6) is -1.97. The van der Waals surface area contributed by atoms with Crippen LogP contribution in [0.3, 0.4) is 0 Å². The van der Waals surface area contributed by atoms with E-state index in [1.165, 1.54) is 20.3 Å². The molecule has 0 aromatic carbocycles. The molecule has 0 radical (unpaired) electrons. The Morgan fingerprint density at radius 2 is 1.74 bits per heavy atom. The SMILES string of the molecule is COC.COC[C@H](NC(=O)c1cc(OC)no1)C(=O)NCC(=O)N[C@@H](CC(C)C)C(=O)[C@@]1(C)CO1. The van der Waals surface area contributed by atoms with E-state index in [1.54, 1.807) is 21.1 Å². The van der Waals surface area contributed by atoms with Crippen LogP contribution in [0.25, 0.3) is 0 Å². The average Bonchev–Trinajstić information content (AvgIpc) is 3.36. The number of amides is 3. The Bertz CT molecular complexity index is 852. The number of hydrogen-bond donors (Lipinski definition) is 3. The van der Waals surface area contributed by atoms with Gasteiger partial charge in [0, 0.05) is 21.3 Å². The Morgan fingerprint density at radius 1 is 1.11 bits per heavy atom. The highest BCUT2D eigenvalue weighted by atomic mass is 16.6. The second-order valence-corrected chi connectivity index (χ2v) is 8.47. The molecular weight excluding hydrogens is 464 g/mol. The van der Waals surface area contributed by atoms with Gasteiger partial charge in [-0.3, -0.25) is 19.2 Å². The number of ether oxygens (including phenoxy) is 4. The second-order valence-electron chi connectivity index (χ2n) is 8.47. The molecule has 13 heteroatoms. The first-order valence-corrected chi connectivity index (χ1v) is 11.0. The van der Waals surface area contributed by atoms with Crippen molar-refractivity contribution < 1.29 is 42.6 Å². The fourth-order valence-corrected chi connectivity index (χ4v) is 2.90. The molecule has 2 heterocycles. The molecule has 1 aromatic rings. The number of Topliss-reactive ketones (excluding diaryl/α,β-unsaturated/α-hetero) is 1. The molecule has 1 aromatic heterocycles. The van der Waals surface area contributed by atoms with Gasteiger partial charge in [-0.15, -0.1) is 0 Å². The van der Waals surface area contributed by atoms with Crippen LogP contribution in [-0.2, 0) is 28.6 Å². The predicted molar refractivity (Wildman–Crippen MR) is 123 cm³/mol. The van der Waals surface area contributed by atoms with E-state index >= 15 is 0 Å². The summed E-state index contributed by atoms with van der Waals surface area (Å²) in [6.45, 7) is 5.35. The summed E-state index contributed by atoms with van der Waals surface area (Å²) in [6, 6.07) is -0.549. The number of hydrogen-bond acceptors (Lipinski definition) is 10. The van der Waals surface area contributed by atoms with Crippen molar-refractivity contribution in [3.05, 3.63) is 11.8 Å². The monoisotopic (exact) mass is 500 g/mol. The van der Waals surface area contributed by atoms with Crippen molar-refractivity contribution in [1.82, 2.24) is 21.1 Å². The number of epoxide rings is 1. The van der Waals surface area contributed by atoms with Crippen molar-refractivity contribution in [2.75, 3.05) is 48.2 Å². The van der Waals surface area contributed by atoms with Crippen molar-refractivity contribution >= 4 is 23.5 Å². The molecule has 3 N–H and O–H groups in total. The third-order valence-electron chi connectivity index (χ3n) is 4.76. The highest BCUT2D eigenvalue weighted by Gasteiger charge is 2.50. The highest BCUT2D eigenvalue weighted by molar-refractivity contribution is 5.98. The van der Waals surface area contributed by atoms with E-state index in [4.69, 9.17) is 18.7 Å². The lowest BCUT2D eigenvalue weighted by Gasteiger charge is -2.22. The van der Waals surface area contributed by atoms with Gasteiger partial charge in [-0.25, -0.2) is 0 Å². The second kappa shape index (κ2) is 14.4. The molecule has 0 saturated carbocycles. The Labute approximate surface area is 204 Å². The number of carbonyl (C=O) groups excluding carboxylic acids is 4. The van der Waals surface area contributed by atoms with Gasteiger partial charge in [0.15, 0.2) is 5.78 Å². The van der Waals surface area contributed by atoms with Crippen LogP contribution in [-0.4, -0.2) is 94.5 Å². The summed E-state index contributed by atoms with van der Waals surface area (Å²) < 4.78 is 24.1. The van der Waals surface area contributed by atoms with E-state index in [0.717, 1.165) is 0 Å². The predicted octanol–water partition coefficient (Wildman–Crippen LogP) is -0.304.